The van der Waals surface area contributed by atoms with Crippen LogP contribution < -0.4 is 5.32 Å². The van der Waals surface area contributed by atoms with Crippen LogP contribution in [0.4, 0.5) is 5.82 Å². The predicted molar refractivity (Wildman–Crippen MR) is 69.8 cm³/mol. The standard InChI is InChI=1S/C12H13ClN4O/c1-3-10-9(7-17(2)16-10)12(18)15-11-6-8(13)4-5-14-11/h4-7H,3H2,1-2H3,(H,14,15,18). The molecule has 0 aliphatic rings. The second kappa shape index (κ2) is 5.18. The van der Waals surface area contributed by atoms with Crippen LogP contribution in [0.2, 0.25) is 5.02 Å². The van der Waals surface area contributed by atoms with Gasteiger partial charge in [-0.15, -0.1) is 0 Å². The number of pyridine rings is 1. The monoisotopic (exact) mass is 264 g/mol. The van der Waals surface area contributed by atoms with E-state index >= 15 is 0 Å². The SMILES string of the molecule is CCc1nn(C)cc1C(=O)Nc1cc(Cl)ccn1. The van der Waals surface area contributed by atoms with Gasteiger partial charge in [-0.25, -0.2) is 4.98 Å². The zero-order valence-corrected chi connectivity index (χ0v) is 10.9. The molecule has 94 valence electrons. The number of anilines is 1. The molecule has 0 aromatic carbocycles. The van der Waals surface area contributed by atoms with Crippen molar-refractivity contribution in [3.05, 3.63) is 40.8 Å². The molecule has 1 amide bonds. The van der Waals surface area contributed by atoms with E-state index in [9.17, 15) is 4.79 Å². The Kier molecular flexibility index (Phi) is 3.62. The van der Waals surface area contributed by atoms with Crippen molar-refractivity contribution in [3.8, 4) is 0 Å². The molecule has 0 unspecified atom stereocenters. The van der Waals surface area contributed by atoms with Gasteiger partial charge in [0.1, 0.15) is 5.82 Å². The van der Waals surface area contributed by atoms with Crippen molar-refractivity contribution in [3.63, 3.8) is 0 Å². The Balaban J connectivity index is 2.21. The number of amides is 1. The van der Waals surface area contributed by atoms with E-state index in [4.69, 9.17) is 11.6 Å². The van der Waals surface area contributed by atoms with Crippen molar-refractivity contribution in [2.45, 2.75) is 13.3 Å². The first-order valence-electron chi connectivity index (χ1n) is 5.55. The number of carbonyl (C=O) groups is 1. The molecule has 2 aromatic rings. The summed E-state index contributed by atoms with van der Waals surface area (Å²) in [5, 5.41) is 7.45. The molecule has 0 bridgehead atoms. The molecule has 18 heavy (non-hydrogen) atoms. The predicted octanol–water partition coefficient (Wildman–Crippen LogP) is 2.28. The minimum atomic E-state index is -0.227. The molecule has 2 aromatic heterocycles. The van der Waals surface area contributed by atoms with E-state index in [2.05, 4.69) is 15.4 Å². The van der Waals surface area contributed by atoms with E-state index < -0.39 is 0 Å². The zero-order chi connectivity index (χ0) is 13.1. The highest BCUT2D eigenvalue weighted by Crippen LogP contribution is 2.14. The number of nitrogens with zero attached hydrogens (tertiary/aromatic N) is 3. The van der Waals surface area contributed by atoms with Crippen LogP contribution in [0.3, 0.4) is 0 Å². The number of hydrogen-bond acceptors (Lipinski definition) is 3. The van der Waals surface area contributed by atoms with Crippen LogP contribution in [-0.2, 0) is 13.5 Å². The van der Waals surface area contributed by atoms with Gasteiger partial charge in [-0.05, 0) is 18.6 Å². The maximum absolute atomic E-state index is 12.1. The van der Waals surface area contributed by atoms with Gasteiger partial charge in [-0.3, -0.25) is 9.48 Å². The Morgan fingerprint density at radius 3 is 3.00 bits per heavy atom. The van der Waals surface area contributed by atoms with E-state index in [-0.39, 0.29) is 5.91 Å². The zero-order valence-electron chi connectivity index (χ0n) is 10.1. The Bertz CT molecular complexity index is 579. The van der Waals surface area contributed by atoms with E-state index in [0.717, 1.165) is 5.69 Å². The van der Waals surface area contributed by atoms with E-state index in [1.54, 1.807) is 36.3 Å². The summed E-state index contributed by atoms with van der Waals surface area (Å²) >= 11 is 5.83. The first-order valence-corrected chi connectivity index (χ1v) is 5.93. The van der Waals surface area contributed by atoms with Crippen molar-refractivity contribution in [1.29, 1.82) is 0 Å². The van der Waals surface area contributed by atoms with Gasteiger partial charge in [0, 0.05) is 24.5 Å². The summed E-state index contributed by atoms with van der Waals surface area (Å²) in [6.07, 6.45) is 3.94. The number of rotatable bonds is 3. The van der Waals surface area contributed by atoms with Crippen molar-refractivity contribution in [2.24, 2.45) is 7.05 Å². The fourth-order valence-corrected chi connectivity index (χ4v) is 1.80. The van der Waals surface area contributed by atoms with Gasteiger partial charge in [-0.1, -0.05) is 18.5 Å². The van der Waals surface area contributed by atoms with Gasteiger partial charge in [-0.2, -0.15) is 5.10 Å². The van der Waals surface area contributed by atoms with Crippen molar-refractivity contribution in [2.75, 3.05) is 5.32 Å². The van der Waals surface area contributed by atoms with E-state index in [1.807, 2.05) is 6.92 Å². The molecule has 0 atom stereocenters. The quantitative estimate of drug-likeness (QED) is 0.925. The second-order valence-corrected chi connectivity index (χ2v) is 4.27. The van der Waals surface area contributed by atoms with Gasteiger partial charge < -0.3 is 5.32 Å². The summed E-state index contributed by atoms with van der Waals surface area (Å²) in [7, 11) is 1.79. The topological polar surface area (TPSA) is 59.8 Å². The third kappa shape index (κ3) is 2.68. The maximum atomic E-state index is 12.1. The molecule has 0 saturated carbocycles. The summed E-state index contributed by atoms with van der Waals surface area (Å²) in [5.74, 6) is 0.202. The Hall–Kier alpha value is -1.88. The van der Waals surface area contributed by atoms with Crippen molar-refractivity contribution in [1.82, 2.24) is 14.8 Å². The second-order valence-electron chi connectivity index (χ2n) is 3.83. The molecule has 6 heteroatoms. The van der Waals surface area contributed by atoms with Crippen LogP contribution in [0.5, 0.6) is 0 Å². The maximum Gasteiger partial charge on any atom is 0.260 e. The number of halogens is 1. The number of hydrogen-bond donors (Lipinski definition) is 1. The molecule has 2 heterocycles. The van der Waals surface area contributed by atoms with Crippen LogP contribution >= 0.6 is 11.6 Å². The molecule has 5 nitrogen and oxygen atoms in total. The normalized spacial score (nSPS) is 10.4. The number of carbonyl (C=O) groups excluding carboxylic acids is 1. The van der Waals surface area contributed by atoms with Crippen LogP contribution in [0.15, 0.2) is 24.5 Å². The molecule has 0 fully saturated rings. The minimum Gasteiger partial charge on any atom is -0.306 e. The first-order chi connectivity index (χ1) is 8.60. The molecule has 0 saturated heterocycles. The van der Waals surface area contributed by atoms with Gasteiger partial charge in [0.15, 0.2) is 0 Å². The van der Waals surface area contributed by atoms with Crippen LogP contribution in [0.1, 0.15) is 23.0 Å². The average molecular weight is 265 g/mol. The summed E-state index contributed by atoms with van der Waals surface area (Å²) in [4.78, 5) is 16.1. The molecular weight excluding hydrogens is 252 g/mol. The summed E-state index contributed by atoms with van der Waals surface area (Å²) in [6, 6.07) is 3.25. The van der Waals surface area contributed by atoms with Crippen LogP contribution in [0.25, 0.3) is 0 Å². The Labute approximate surface area is 110 Å². The highest BCUT2D eigenvalue weighted by Gasteiger charge is 2.14. The molecule has 0 aliphatic carbocycles. The molecule has 0 aliphatic heterocycles. The highest BCUT2D eigenvalue weighted by atomic mass is 35.5. The fraction of sp³-hybridized carbons (Fsp3) is 0.250. The van der Waals surface area contributed by atoms with E-state index in [0.29, 0.717) is 22.8 Å². The molecule has 1 N–H and O–H groups in total. The smallest absolute Gasteiger partial charge is 0.260 e. The highest BCUT2D eigenvalue weighted by molar-refractivity contribution is 6.30. The minimum absolute atomic E-state index is 0.227. The van der Waals surface area contributed by atoms with Crippen molar-refractivity contribution >= 4 is 23.3 Å². The van der Waals surface area contributed by atoms with Crippen LogP contribution in [-0.4, -0.2) is 20.7 Å². The Morgan fingerprint density at radius 1 is 1.56 bits per heavy atom. The van der Waals surface area contributed by atoms with Crippen molar-refractivity contribution < 1.29 is 4.79 Å². The summed E-state index contributed by atoms with van der Waals surface area (Å²) < 4.78 is 1.62. The average Bonchev–Trinajstić information content (AvgIpc) is 2.70. The largest absolute Gasteiger partial charge is 0.306 e. The third-order valence-electron chi connectivity index (χ3n) is 2.45. The lowest BCUT2D eigenvalue weighted by molar-refractivity contribution is 0.102. The van der Waals surface area contributed by atoms with Gasteiger partial charge in [0.25, 0.3) is 5.91 Å². The van der Waals surface area contributed by atoms with Gasteiger partial charge in [0.05, 0.1) is 11.3 Å². The molecule has 0 radical (unpaired) electrons. The molecular formula is C12H13ClN4O. The first kappa shape index (κ1) is 12.6. The van der Waals surface area contributed by atoms with E-state index in [1.165, 1.54) is 0 Å². The summed E-state index contributed by atoms with van der Waals surface area (Å²) in [6.45, 7) is 1.96. The Morgan fingerprint density at radius 2 is 2.33 bits per heavy atom. The number of aromatic nitrogens is 3. The number of nitrogens with one attached hydrogen (secondary N) is 1. The molecule has 0 spiro atoms. The lowest BCUT2D eigenvalue weighted by Crippen LogP contribution is -2.14. The number of aryl methyl sites for hydroxylation is 2. The fourth-order valence-electron chi connectivity index (χ4n) is 1.64. The lowest BCUT2D eigenvalue weighted by atomic mass is 10.2. The third-order valence-corrected chi connectivity index (χ3v) is 2.68. The summed E-state index contributed by atoms with van der Waals surface area (Å²) in [5.41, 5.74) is 1.32. The van der Waals surface area contributed by atoms with Gasteiger partial charge >= 0.3 is 0 Å². The lowest BCUT2D eigenvalue weighted by Gasteiger charge is -2.03. The molecule has 2 rings (SSSR count). The van der Waals surface area contributed by atoms with Crippen LogP contribution in [0, 0.1) is 0 Å². The van der Waals surface area contributed by atoms with Gasteiger partial charge in [0.2, 0.25) is 0 Å².